The van der Waals surface area contributed by atoms with Crippen molar-refractivity contribution >= 4 is 29.3 Å². The van der Waals surface area contributed by atoms with Gasteiger partial charge in [0.25, 0.3) is 5.91 Å². The third kappa shape index (κ3) is 3.40. The van der Waals surface area contributed by atoms with Gasteiger partial charge in [-0.15, -0.1) is 11.8 Å². The van der Waals surface area contributed by atoms with Gasteiger partial charge in [0.15, 0.2) is 0 Å². The van der Waals surface area contributed by atoms with Gasteiger partial charge < -0.3 is 10.6 Å². The molecule has 0 unspecified atom stereocenters. The molecule has 5 heteroatoms. The van der Waals surface area contributed by atoms with Crippen LogP contribution in [0.5, 0.6) is 0 Å². The van der Waals surface area contributed by atoms with Crippen molar-refractivity contribution in [2.45, 2.75) is 23.8 Å². The second kappa shape index (κ2) is 6.45. The lowest BCUT2D eigenvalue weighted by Crippen LogP contribution is -2.45. The van der Waals surface area contributed by atoms with Crippen molar-refractivity contribution in [1.29, 1.82) is 0 Å². The van der Waals surface area contributed by atoms with Crippen LogP contribution in [0, 0.1) is 0 Å². The largest absolute Gasteiger partial charge is 0.348 e. The zero-order chi connectivity index (χ0) is 13.0. The van der Waals surface area contributed by atoms with Crippen molar-refractivity contribution in [1.82, 2.24) is 10.6 Å². The summed E-state index contributed by atoms with van der Waals surface area (Å²) in [5, 5.41) is 6.82. The van der Waals surface area contributed by atoms with Crippen LogP contribution < -0.4 is 10.6 Å². The van der Waals surface area contributed by atoms with Crippen LogP contribution in [0.25, 0.3) is 0 Å². The van der Waals surface area contributed by atoms with E-state index in [0.717, 1.165) is 30.8 Å². The van der Waals surface area contributed by atoms with E-state index in [1.807, 2.05) is 18.4 Å². The van der Waals surface area contributed by atoms with E-state index in [0.29, 0.717) is 10.6 Å². The fourth-order valence-electron chi connectivity index (χ4n) is 2.04. The molecule has 2 N–H and O–H groups in total. The van der Waals surface area contributed by atoms with E-state index < -0.39 is 0 Å². The fourth-order valence-corrected chi connectivity index (χ4v) is 2.69. The number of benzene rings is 1. The molecule has 1 aliphatic heterocycles. The summed E-state index contributed by atoms with van der Waals surface area (Å²) in [6.45, 7) is 1.88. The number of hydrogen-bond acceptors (Lipinski definition) is 3. The number of amides is 1. The van der Waals surface area contributed by atoms with Gasteiger partial charge in [0, 0.05) is 17.5 Å². The van der Waals surface area contributed by atoms with Gasteiger partial charge in [-0.2, -0.15) is 0 Å². The average Bonchev–Trinajstić information content (AvgIpc) is 2.40. The van der Waals surface area contributed by atoms with Crippen molar-refractivity contribution in [2.24, 2.45) is 0 Å². The molecule has 18 heavy (non-hydrogen) atoms. The number of halogens is 1. The van der Waals surface area contributed by atoms with Crippen LogP contribution >= 0.6 is 23.4 Å². The van der Waals surface area contributed by atoms with Gasteiger partial charge in [-0.05, 0) is 43.8 Å². The first-order valence-corrected chi connectivity index (χ1v) is 7.66. The first-order chi connectivity index (χ1) is 8.70. The minimum Gasteiger partial charge on any atom is -0.348 e. The lowest BCUT2D eigenvalue weighted by atomic mass is 10.1. The van der Waals surface area contributed by atoms with E-state index in [2.05, 4.69) is 10.6 Å². The van der Waals surface area contributed by atoms with Crippen LogP contribution in [0.2, 0.25) is 5.02 Å². The normalized spacial score (nSPS) is 19.6. The molecule has 1 aromatic rings. The Balaban J connectivity index is 2.07. The molecule has 1 amide bonds. The Kier molecular flexibility index (Phi) is 4.92. The highest BCUT2D eigenvalue weighted by atomic mass is 35.5. The molecule has 0 bridgehead atoms. The minimum absolute atomic E-state index is 0.0791. The number of nitrogens with one attached hydrogen (secondary N) is 2. The van der Waals surface area contributed by atoms with E-state index in [1.54, 1.807) is 17.8 Å². The van der Waals surface area contributed by atoms with Crippen LogP contribution in [0.3, 0.4) is 0 Å². The fraction of sp³-hybridized carbons (Fsp3) is 0.462. The molecule has 1 aromatic carbocycles. The Hall–Kier alpha value is -0.710. The Labute approximate surface area is 117 Å². The van der Waals surface area contributed by atoms with Crippen LogP contribution in [-0.4, -0.2) is 31.3 Å². The van der Waals surface area contributed by atoms with Gasteiger partial charge in [-0.1, -0.05) is 11.6 Å². The second-order valence-electron chi connectivity index (χ2n) is 4.36. The first-order valence-electron chi connectivity index (χ1n) is 6.06. The molecule has 98 valence electrons. The van der Waals surface area contributed by atoms with Gasteiger partial charge in [0.05, 0.1) is 10.6 Å². The Morgan fingerprint density at radius 2 is 2.39 bits per heavy atom. The molecule has 1 aliphatic rings. The SMILES string of the molecule is CSc1ccc(Cl)c(C(=O)N[C@H]2CCCNC2)c1. The molecule has 0 aromatic heterocycles. The Morgan fingerprint density at radius 1 is 1.56 bits per heavy atom. The summed E-state index contributed by atoms with van der Waals surface area (Å²) >= 11 is 7.68. The molecule has 3 nitrogen and oxygen atoms in total. The molecule has 0 saturated carbocycles. The molecule has 1 fully saturated rings. The molecule has 0 radical (unpaired) electrons. The van der Waals surface area contributed by atoms with Gasteiger partial charge in [-0.25, -0.2) is 0 Å². The predicted molar refractivity (Wildman–Crippen MR) is 76.6 cm³/mol. The van der Waals surface area contributed by atoms with Crippen LogP contribution in [0.15, 0.2) is 23.1 Å². The number of hydrogen-bond donors (Lipinski definition) is 2. The number of carbonyl (C=O) groups is 1. The highest BCUT2D eigenvalue weighted by molar-refractivity contribution is 7.98. The summed E-state index contributed by atoms with van der Waals surface area (Å²) in [5.74, 6) is -0.0791. The predicted octanol–water partition coefficient (Wildman–Crippen LogP) is 2.54. The standard InChI is InChI=1S/C13H17ClN2OS/c1-18-10-4-5-12(14)11(7-10)13(17)16-9-3-2-6-15-8-9/h4-5,7,9,15H,2-3,6,8H2,1H3,(H,16,17)/t9-/m0/s1. The summed E-state index contributed by atoms with van der Waals surface area (Å²) in [7, 11) is 0. The molecule has 1 heterocycles. The monoisotopic (exact) mass is 284 g/mol. The highest BCUT2D eigenvalue weighted by Gasteiger charge is 2.18. The minimum atomic E-state index is -0.0791. The van der Waals surface area contributed by atoms with E-state index >= 15 is 0 Å². The quantitative estimate of drug-likeness (QED) is 0.838. The van der Waals surface area contributed by atoms with Gasteiger partial charge in [0.1, 0.15) is 0 Å². The van der Waals surface area contributed by atoms with E-state index in [1.165, 1.54) is 0 Å². The summed E-state index contributed by atoms with van der Waals surface area (Å²) in [5.41, 5.74) is 0.564. The van der Waals surface area contributed by atoms with Gasteiger partial charge in [-0.3, -0.25) is 4.79 Å². The smallest absolute Gasteiger partial charge is 0.253 e. The molecular formula is C13H17ClN2OS. The second-order valence-corrected chi connectivity index (χ2v) is 5.65. The molecule has 1 saturated heterocycles. The van der Waals surface area contributed by atoms with Crippen LogP contribution in [0.4, 0.5) is 0 Å². The third-order valence-electron chi connectivity index (χ3n) is 3.05. The number of rotatable bonds is 3. The van der Waals surface area contributed by atoms with E-state index in [4.69, 9.17) is 11.6 Å². The topological polar surface area (TPSA) is 41.1 Å². The van der Waals surface area contributed by atoms with Gasteiger partial charge >= 0.3 is 0 Å². The summed E-state index contributed by atoms with van der Waals surface area (Å²) in [6.07, 6.45) is 4.11. The zero-order valence-corrected chi connectivity index (χ0v) is 11.9. The molecular weight excluding hydrogens is 268 g/mol. The summed E-state index contributed by atoms with van der Waals surface area (Å²) in [4.78, 5) is 13.2. The summed E-state index contributed by atoms with van der Waals surface area (Å²) in [6, 6.07) is 5.76. The lowest BCUT2D eigenvalue weighted by molar-refractivity contribution is 0.0930. The molecule has 0 spiro atoms. The number of piperidine rings is 1. The maximum absolute atomic E-state index is 12.2. The third-order valence-corrected chi connectivity index (χ3v) is 4.11. The molecule has 2 rings (SSSR count). The molecule has 1 atom stereocenters. The lowest BCUT2D eigenvalue weighted by Gasteiger charge is -2.24. The average molecular weight is 285 g/mol. The van der Waals surface area contributed by atoms with Crippen LogP contribution in [-0.2, 0) is 0 Å². The van der Waals surface area contributed by atoms with E-state index in [-0.39, 0.29) is 11.9 Å². The number of thioether (sulfide) groups is 1. The van der Waals surface area contributed by atoms with Crippen molar-refractivity contribution < 1.29 is 4.79 Å². The van der Waals surface area contributed by atoms with Crippen molar-refractivity contribution in [3.05, 3.63) is 28.8 Å². The maximum atomic E-state index is 12.2. The zero-order valence-electron chi connectivity index (χ0n) is 10.3. The van der Waals surface area contributed by atoms with Crippen molar-refractivity contribution in [2.75, 3.05) is 19.3 Å². The van der Waals surface area contributed by atoms with Crippen LogP contribution in [0.1, 0.15) is 23.2 Å². The van der Waals surface area contributed by atoms with Crippen molar-refractivity contribution in [3.8, 4) is 0 Å². The highest BCUT2D eigenvalue weighted by Crippen LogP contribution is 2.23. The molecule has 0 aliphatic carbocycles. The van der Waals surface area contributed by atoms with Gasteiger partial charge in [0.2, 0.25) is 0 Å². The number of carbonyl (C=O) groups excluding carboxylic acids is 1. The maximum Gasteiger partial charge on any atom is 0.253 e. The Bertz CT molecular complexity index is 433. The summed E-state index contributed by atoms with van der Waals surface area (Å²) < 4.78 is 0. The first kappa shape index (κ1) is 13.7. The van der Waals surface area contributed by atoms with E-state index in [9.17, 15) is 4.79 Å². The van der Waals surface area contributed by atoms with Crippen molar-refractivity contribution in [3.63, 3.8) is 0 Å². The Morgan fingerprint density at radius 3 is 3.06 bits per heavy atom.